The van der Waals surface area contributed by atoms with E-state index in [0.29, 0.717) is 19.0 Å². The predicted octanol–water partition coefficient (Wildman–Crippen LogP) is 0.675. The van der Waals surface area contributed by atoms with Crippen LogP contribution in [0.3, 0.4) is 0 Å². The van der Waals surface area contributed by atoms with Gasteiger partial charge in [0.05, 0.1) is 11.9 Å². The lowest BCUT2D eigenvalue weighted by molar-refractivity contribution is 0.287. The molecule has 0 saturated heterocycles. The third kappa shape index (κ3) is 3.55. The van der Waals surface area contributed by atoms with E-state index in [-0.39, 0.29) is 6.61 Å². The van der Waals surface area contributed by atoms with E-state index in [0.717, 1.165) is 0 Å². The van der Waals surface area contributed by atoms with Crippen molar-refractivity contribution in [2.75, 3.05) is 19.7 Å². The van der Waals surface area contributed by atoms with Crippen molar-refractivity contribution < 1.29 is 13.5 Å². The van der Waals surface area contributed by atoms with E-state index in [1.165, 1.54) is 11.2 Å². The fourth-order valence-electron chi connectivity index (χ4n) is 1.17. The molecule has 0 spiro atoms. The molecule has 1 unspecified atom stereocenters. The molecule has 0 aliphatic rings. The summed E-state index contributed by atoms with van der Waals surface area (Å²) >= 11 is 0. The molecule has 0 rings (SSSR count). The summed E-state index contributed by atoms with van der Waals surface area (Å²) in [5.41, 5.74) is 0. The van der Waals surface area contributed by atoms with Crippen molar-refractivity contribution in [1.29, 1.82) is 0 Å². The minimum atomic E-state index is -3.31. The zero-order valence-corrected chi connectivity index (χ0v) is 10.2. The lowest BCUT2D eigenvalue weighted by atomic mass is 10.2. The Morgan fingerprint density at radius 1 is 1.29 bits per heavy atom. The number of hydrogen-bond acceptors (Lipinski definition) is 3. The van der Waals surface area contributed by atoms with Crippen LogP contribution in [0.2, 0.25) is 0 Å². The van der Waals surface area contributed by atoms with Gasteiger partial charge in [-0.15, -0.1) is 0 Å². The van der Waals surface area contributed by atoms with Crippen LogP contribution in [0.5, 0.6) is 0 Å². The highest BCUT2D eigenvalue weighted by Gasteiger charge is 2.27. The SMILES string of the molecule is CCN(CC(C)C)S(=O)(=O)C(C)CO. The van der Waals surface area contributed by atoms with Crippen LogP contribution in [-0.2, 0) is 10.0 Å². The first-order chi connectivity index (χ1) is 6.36. The summed E-state index contributed by atoms with van der Waals surface area (Å²) < 4.78 is 25.0. The first kappa shape index (κ1) is 13.9. The van der Waals surface area contributed by atoms with Gasteiger partial charge in [-0.25, -0.2) is 12.7 Å². The zero-order chi connectivity index (χ0) is 11.4. The maximum Gasteiger partial charge on any atom is 0.218 e. The largest absolute Gasteiger partial charge is 0.395 e. The molecule has 0 fully saturated rings. The van der Waals surface area contributed by atoms with E-state index in [1.807, 2.05) is 20.8 Å². The lowest BCUT2D eigenvalue weighted by Gasteiger charge is -2.25. The Morgan fingerprint density at radius 3 is 2.07 bits per heavy atom. The molecule has 0 aromatic carbocycles. The Kier molecular flexibility index (Phi) is 5.63. The summed E-state index contributed by atoms with van der Waals surface area (Å²) in [6.07, 6.45) is 0. The van der Waals surface area contributed by atoms with Crippen molar-refractivity contribution in [3.05, 3.63) is 0 Å². The standard InChI is InChI=1S/C9H21NO3S/c1-5-10(6-8(2)3)14(12,13)9(4)7-11/h8-9,11H,5-7H2,1-4H3. The second-order valence-corrected chi connectivity index (χ2v) is 6.23. The van der Waals surface area contributed by atoms with Crippen LogP contribution in [0, 0.1) is 5.92 Å². The van der Waals surface area contributed by atoms with Crippen molar-refractivity contribution >= 4 is 10.0 Å². The molecule has 1 N–H and O–H groups in total. The highest BCUT2D eigenvalue weighted by Crippen LogP contribution is 2.10. The van der Waals surface area contributed by atoms with Crippen LogP contribution in [0.15, 0.2) is 0 Å². The molecule has 0 heterocycles. The number of aliphatic hydroxyl groups is 1. The average molecular weight is 223 g/mol. The van der Waals surface area contributed by atoms with Crippen molar-refractivity contribution in [3.63, 3.8) is 0 Å². The Labute approximate surface area is 87.0 Å². The Hall–Kier alpha value is -0.130. The van der Waals surface area contributed by atoms with Crippen LogP contribution < -0.4 is 0 Å². The summed E-state index contributed by atoms with van der Waals surface area (Å²) in [5, 5.41) is 8.14. The van der Waals surface area contributed by atoms with E-state index >= 15 is 0 Å². The molecule has 0 aromatic rings. The van der Waals surface area contributed by atoms with Crippen molar-refractivity contribution in [2.45, 2.75) is 32.9 Å². The summed E-state index contributed by atoms with van der Waals surface area (Å²) in [6, 6.07) is 0. The van der Waals surface area contributed by atoms with Crippen LogP contribution in [-0.4, -0.2) is 42.8 Å². The fourth-order valence-corrected chi connectivity index (χ4v) is 2.73. The molecule has 1 atom stereocenters. The molecule has 0 aliphatic heterocycles. The maximum atomic E-state index is 11.8. The predicted molar refractivity (Wildman–Crippen MR) is 57.6 cm³/mol. The van der Waals surface area contributed by atoms with Crippen LogP contribution >= 0.6 is 0 Å². The minimum Gasteiger partial charge on any atom is -0.395 e. The van der Waals surface area contributed by atoms with Crippen LogP contribution in [0.25, 0.3) is 0 Å². The van der Waals surface area contributed by atoms with Gasteiger partial charge in [0.25, 0.3) is 0 Å². The molecule has 4 nitrogen and oxygen atoms in total. The molecule has 0 radical (unpaired) electrons. The summed E-state index contributed by atoms with van der Waals surface area (Å²) in [7, 11) is -3.31. The second kappa shape index (κ2) is 5.68. The lowest BCUT2D eigenvalue weighted by Crippen LogP contribution is -2.40. The molecule has 0 aromatic heterocycles. The number of aliphatic hydroxyl groups excluding tert-OH is 1. The monoisotopic (exact) mass is 223 g/mol. The first-order valence-corrected chi connectivity index (χ1v) is 6.46. The highest BCUT2D eigenvalue weighted by molar-refractivity contribution is 7.89. The summed E-state index contributed by atoms with van der Waals surface area (Å²) in [6.45, 7) is 7.94. The van der Waals surface area contributed by atoms with E-state index < -0.39 is 15.3 Å². The van der Waals surface area contributed by atoms with Crippen LogP contribution in [0.1, 0.15) is 27.7 Å². The van der Waals surface area contributed by atoms with Crippen LogP contribution in [0.4, 0.5) is 0 Å². The minimum absolute atomic E-state index is 0.301. The second-order valence-electron chi connectivity index (χ2n) is 3.88. The smallest absolute Gasteiger partial charge is 0.218 e. The van der Waals surface area contributed by atoms with Gasteiger partial charge in [-0.2, -0.15) is 0 Å². The van der Waals surface area contributed by atoms with E-state index in [2.05, 4.69) is 0 Å². The molecule has 0 aliphatic carbocycles. The molecule has 0 bridgehead atoms. The van der Waals surface area contributed by atoms with Gasteiger partial charge in [0, 0.05) is 13.1 Å². The van der Waals surface area contributed by atoms with Crippen molar-refractivity contribution in [1.82, 2.24) is 4.31 Å². The summed E-state index contributed by atoms with van der Waals surface area (Å²) in [5.74, 6) is 0.301. The van der Waals surface area contributed by atoms with Gasteiger partial charge in [0.2, 0.25) is 10.0 Å². The van der Waals surface area contributed by atoms with Crippen molar-refractivity contribution in [2.24, 2.45) is 5.92 Å². The molecule has 14 heavy (non-hydrogen) atoms. The fraction of sp³-hybridized carbons (Fsp3) is 1.00. The number of rotatable bonds is 6. The average Bonchev–Trinajstić information content (AvgIpc) is 2.12. The van der Waals surface area contributed by atoms with Crippen molar-refractivity contribution in [3.8, 4) is 0 Å². The van der Waals surface area contributed by atoms with Gasteiger partial charge in [-0.1, -0.05) is 20.8 Å². The first-order valence-electron chi connectivity index (χ1n) is 4.96. The highest BCUT2D eigenvalue weighted by atomic mass is 32.2. The number of hydrogen-bond donors (Lipinski definition) is 1. The van der Waals surface area contributed by atoms with Gasteiger partial charge in [-0.3, -0.25) is 0 Å². The van der Waals surface area contributed by atoms with E-state index in [1.54, 1.807) is 0 Å². The number of nitrogens with zero attached hydrogens (tertiary/aromatic N) is 1. The third-order valence-corrected chi connectivity index (χ3v) is 4.34. The van der Waals surface area contributed by atoms with E-state index in [4.69, 9.17) is 5.11 Å². The maximum absolute atomic E-state index is 11.8. The van der Waals surface area contributed by atoms with Gasteiger partial charge in [0.15, 0.2) is 0 Å². The molecule has 0 amide bonds. The normalized spacial score (nSPS) is 15.1. The molecular weight excluding hydrogens is 202 g/mol. The molecule has 0 saturated carbocycles. The third-order valence-electron chi connectivity index (χ3n) is 2.05. The topological polar surface area (TPSA) is 57.6 Å². The van der Waals surface area contributed by atoms with Gasteiger partial charge < -0.3 is 5.11 Å². The molecular formula is C9H21NO3S. The van der Waals surface area contributed by atoms with Gasteiger partial charge >= 0.3 is 0 Å². The van der Waals surface area contributed by atoms with E-state index in [9.17, 15) is 8.42 Å². The number of sulfonamides is 1. The van der Waals surface area contributed by atoms with Gasteiger partial charge in [-0.05, 0) is 12.8 Å². The Bertz CT molecular complexity index is 249. The summed E-state index contributed by atoms with van der Waals surface area (Å²) in [4.78, 5) is 0. The zero-order valence-electron chi connectivity index (χ0n) is 9.40. The quantitative estimate of drug-likeness (QED) is 0.720. The molecule has 86 valence electrons. The molecule has 5 heteroatoms. The Morgan fingerprint density at radius 2 is 1.79 bits per heavy atom. The Balaban J connectivity index is 4.66. The van der Waals surface area contributed by atoms with Gasteiger partial charge in [0.1, 0.15) is 0 Å².